The largest absolute Gasteiger partial charge is 0.359 e. The highest BCUT2D eigenvalue weighted by molar-refractivity contribution is 5.72. The van der Waals surface area contributed by atoms with Crippen molar-refractivity contribution in [3.05, 3.63) is 0 Å². The number of carbonyl (C=O) groups is 1. The molecule has 1 N–H and O–H groups in total. The van der Waals surface area contributed by atoms with Crippen LogP contribution in [0.1, 0.15) is 22.2 Å². The number of hydrogen-bond acceptors (Lipinski definition) is 1. The zero-order chi connectivity index (χ0) is 6.28. The van der Waals surface area contributed by atoms with E-state index in [2.05, 4.69) is 5.32 Å². The maximum absolute atomic E-state index is 9.70. The average molecular weight is 105 g/mol. The Morgan fingerprint density at radius 3 is 1.71 bits per heavy atom. The normalized spacial score (nSPS) is 5.71. The van der Waals surface area contributed by atoms with Gasteiger partial charge in [0, 0.05) is 15.4 Å². The predicted octanol–water partition coefficient (Wildman–Crippen LogP) is 1.02. The second-order valence-electron chi connectivity index (χ2n) is 0.806. The Morgan fingerprint density at radius 2 is 1.71 bits per heavy atom. The third-order valence-corrected chi connectivity index (χ3v) is 0.352. The fraction of sp³-hybridized carbons (Fsp3) is 0.800. The Labute approximate surface area is 46.4 Å². The first-order chi connectivity index (χ1) is 3.27. The third-order valence-electron chi connectivity index (χ3n) is 0.352. The van der Waals surface area contributed by atoms with Gasteiger partial charge in [-0.1, -0.05) is 13.8 Å². The number of carbonyl (C=O) groups excluding carboxylic acids is 1. The molecule has 0 bridgehead atoms. The van der Waals surface area contributed by atoms with Crippen LogP contribution < -0.4 is 5.32 Å². The van der Waals surface area contributed by atoms with Gasteiger partial charge in [0.1, 0.15) is 0 Å². The summed E-state index contributed by atoms with van der Waals surface area (Å²) in [6, 6.07) is 0. The van der Waals surface area contributed by atoms with Crippen molar-refractivity contribution in [2.45, 2.75) is 20.8 Å². The summed E-state index contributed by atoms with van der Waals surface area (Å²) in [6.45, 7) is 5.47. The Kier molecular flexibility index (Phi) is 12.6. The van der Waals surface area contributed by atoms with Crippen molar-refractivity contribution in [2.24, 2.45) is 0 Å². The van der Waals surface area contributed by atoms with Crippen molar-refractivity contribution in [1.29, 1.82) is 0 Å². The summed E-state index contributed by atoms with van der Waals surface area (Å²) in [4.78, 5) is 9.70. The molecule has 1 amide bonds. The van der Waals surface area contributed by atoms with Gasteiger partial charge in [-0.3, -0.25) is 4.79 Å². The topological polar surface area (TPSA) is 29.1 Å². The van der Waals surface area contributed by atoms with Crippen LogP contribution in [0.2, 0.25) is 0 Å². The molecule has 2 heteroatoms. The van der Waals surface area contributed by atoms with Gasteiger partial charge < -0.3 is 5.32 Å². The molecule has 0 spiro atoms. The fourth-order valence-electron chi connectivity index (χ4n) is 0. The van der Waals surface area contributed by atoms with E-state index in [1.807, 2.05) is 13.8 Å². The van der Waals surface area contributed by atoms with Gasteiger partial charge in [-0.2, -0.15) is 0 Å². The summed E-state index contributed by atoms with van der Waals surface area (Å²) < 4.78 is 0. The quantitative estimate of drug-likeness (QED) is 0.489. The first-order valence-electron chi connectivity index (χ1n) is 2.45. The highest BCUT2D eigenvalue weighted by atomic mass is 16.1. The maximum atomic E-state index is 9.70. The summed E-state index contributed by atoms with van der Waals surface area (Å²) in [5.41, 5.74) is 0. The molecule has 2 nitrogen and oxygen atoms in total. The number of hydrogen-bond donors (Lipinski definition) is 1. The number of nitrogens with one attached hydrogen (secondary N) is 1. The molecular formula is C5H15NO. The van der Waals surface area contributed by atoms with Crippen molar-refractivity contribution in [3.63, 3.8) is 0 Å². The van der Waals surface area contributed by atoms with Crippen LogP contribution in [0.3, 0.4) is 0 Å². The van der Waals surface area contributed by atoms with Crippen molar-refractivity contribution < 1.29 is 6.22 Å². The molecule has 0 saturated carbocycles. The van der Waals surface area contributed by atoms with Crippen molar-refractivity contribution in [3.8, 4) is 0 Å². The number of rotatable bonds is 0. The maximum Gasteiger partial charge on any atom is 0.216 e. The van der Waals surface area contributed by atoms with E-state index in [9.17, 15) is 4.79 Å². The van der Waals surface area contributed by atoms with Crippen LogP contribution in [0.25, 0.3) is 0 Å². The van der Waals surface area contributed by atoms with Crippen LogP contribution in [0.15, 0.2) is 0 Å². The van der Waals surface area contributed by atoms with Gasteiger partial charge in [-0.05, 0) is 0 Å². The fourth-order valence-corrected chi connectivity index (χ4v) is 0. The van der Waals surface area contributed by atoms with Crippen LogP contribution in [-0.4, -0.2) is 13.0 Å². The van der Waals surface area contributed by atoms with Gasteiger partial charge in [0.2, 0.25) is 5.91 Å². The first kappa shape index (κ1) is 9.69. The minimum absolute atomic E-state index is 0. The molecule has 0 radical (unpaired) electrons. The zero-order valence-corrected chi connectivity index (χ0v) is 5.41. The van der Waals surface area contributed by atoms with Crippen LogP contribution in [0.4, 0.5) is 0 Å². The zero-order valence-electron chi connectivity index (χ0n) is 5.41. The molecule has 0 aromatic heterocycles. The SMILES string of the molecule is CC.CNC(C)=O.[HH]. The van der Waals surface area contributed by atoms with E-state index in [-0.39, 0.29) is 7.33 Å². The molecule has 0 saturated heterocycles. The Hall–Kier alpha value is -0.530. The summed E-state index contributed by atoms with van der Waals surface area (Å²) >= 11 is 0. The average Bonchev–Trinajstić information content (AvgIpc) is 1.73. The van der Waals surface area contributed by atoms with Gasteiger partial charge in [0.05, 0.1) is 0 Å². The highest BCUT2D eigenvalue weighted by Crippen LogP contribution is 1.45. The standard InChI is InChI=1S/C3H7NO.C2H6.H2/c1-3(5)4-2;1-2;/h1-2H3,(H,4,5);1-2H3;1H. The van der Waals surface area contributed by atoms with Crippen LogP contribution in [-0.2, 0) is 4.79 Å². The molecule has 0 aromatic carbocycles. The van der Waals surface area contributed by atoms with Crippen molar-refractivity contribution in [1.82, 2.24) is 5.32 Å². The molecule has 0 fully saturated rings. The summed E-state index contributed by atoms with van der Waals surface area (Å²) in [6.07, 6.45) is 0. The summed E-state index contributed by atoms with van der Waals surface area (Å²) in [7, 11) is 1.60. The van der Waals surface area contributed by atoms with E-state index in [0.29, 0.717) is 0 Å². The number of amides is 1. The molecule has 0 aromatic rings. The van der Waals surface area contributed by atoms with E-state index in [1.165, 1.54) is 6.92 Å². The molecule has 7 heavy (non-hydrogen) atoms. The molecule has 0 aliphatic carbocycles. The Bertz CT molecular complexity index is 47.7. The third kappa shape index (κ3) is 30.5. The minimum Gasteiger partial charge on any atom is -0.359 e. The predicted molar refractivity (Wildman–Crippen MR) is 33.2 cm³/mol. The Balaban J connectivity index is -0.0000000750. The molecule has 0 atom stereocenters. The van der Waals surface area contributed by atoms with E-state index in [0.717, 1.165) is 0 Å². The van der Waals surface area contributed by atoms with E-state index in [1.54, 1.807) is 7.05 Å². The van der Waals surface area contributed by atoms with Crippen LogP contribution >= 0.6 is 0 Å². The smallest absolute Gasteiger partial charge is 0.216 e. The second kappa shape index (κ2) is 9.08. The lowest BCUT2D eigenvalue weighted by Gasteiger charge is -1.80. The lowest BCUT2D eigenvalue weighted by molar-refractivity contribution is -0.118. The minimum atomic E-state index is 0. The molecule has 0 unspecified atom stereocenters. The van der Waals surface area contributed by atoms with Gasteiger partial charge in [-0.25, -0.2) is 0 Å². The Morgan fingerprint density at radius 1 is 1.57 bits per heavy atom. The highest BCUT2D eigenvalue weighted by Gasteiger charge is 1.72. The van der Waals surface area contributed by atoms with Gasteiger partial charge in [-0.15, -0.1) is 0 Å². The monoisotopic (exact) mass is 105 g/mol. The second-order valence-corrected chi connectivity index (χ2v) is 0.806. The molecule has 0 aliphatic rings. The molecule has 0 heterocycles. The molecule has 0 rings (SSSR count). The van der Waals surface area contributed by atoms with Gasteiger partial charge >= 0.3 is 0 Å². The lowest BCUT2D eigenvalue weighted by atomic mass is 10.7. The van der Waals surface area contributed by atoms with Crippen LogP contribution in [0, 0.1) is 0 Å². The van der Waals surface area contributed by atoms with E-state index >= 15 is 0 Å². The molecule has 0 aliphatic heterocycles. The molecular weight excluding hydrogens is 90.1 g/mol. The van der Waals surface area contributed by atoms with Gasteiger partial charge in [0.15, 0.2) is 0 Å². The van der Waals surface area contributed by atoms with E-state index < -0.39 is 0 Å². The van der Waals surface area contributed by atoms with Crippen molar-refractivity contribution >= 4 is 5.91 Å². The van der Waals surface area contributed by atoms with E-state index in [4.69, 9.17) is 0 Å². The summed E-state index contributed by atoms with van der Waals surface area (Å²) in [5, 5.41) is 2.39. The summed E-state index contributed by atoms with van der Waals surface area (Å²) in [5.74, 6) is 0.00463. The molecule has 46 valence electrons. The van der Waals surface area contributed by atoms with Crippen molar-refractivity contribution in [2.75, 3.05) is 7.05 Å². The lowest BCUT2D eigenvalue weighted by Crippen LogP contribution is -2.11. The van der Waals surface area contributed by atoms with Gasteiger partial charge in [0.25, 0.3) is 0 Å². The first-order valence-corrected chi connectivity index (χ1v) is 2.45. The van der Waals surface area contributed by atoms with Crippen LogP contribution in [0.5, 0.6) is 0 Å².